The van der Waals surface area contributed by atoms with Gasteiger partial charge in [0.25, 0.3) is 0 Å². The molecule has 1 aliphatic rings. The highest BCUT2D eigenvalue weighted by molar-refractivity contribution is 5.78. The molecule has 2 rings (SSSR count). The molecule has 1 amide bonds. The van der Waals surface area contributed by atoms with Crippen LogP contribution >= 0.6 is 0 Å². The van der Waals surface area contributed by atoms with Crippen molar-refractivity contribution in [2.75, 3.05) is 26.2 Å². The van der Waals surface area contributed by atoms with Gasteiger partial charge in [0.05, 0.1) is 18.6 Å². The number of aliphatic hydroxyl groups excluding tert-OH is 1. The fraction of sp³-hybridized carbons (Fsp3) is 0.750. The van der Waals surface area contributed by atoms with Gasteiger partial charge in [-0.25, -0.2) is 0 Å². The second kappa shape index (κ2) is 8.29. The summed E-state index contributed by atoms with van der Waals surface area (Å²) in [6, 6.07) is 1.85. The molecule has 2 unspecified atom stereocenters. The summed E-state index contributed by atoms with van der Waals surface area (Å²) in [5, 5.41) is 17.3. The zero-order valence-electron chi connectivity index (χ0n) is 13.6. The van der Waals surface area contributed by atoms with Crippen molar-refractivity contribution in [1.82, 2.24) is 20.0 Å². The van der Waals surface area contributed by atoms with Crippen molar-refractivity contribution in [3.8, 4) is 0 Å². The number of aliphatic hydroxyl groups is 1. The first kappa shape index (κ1) is 17.0. The molecule has 1 aliphatic heterocycles. The summed E-state index contributed by atoms with van der Waals surface area (Å²) in [5.41, 5.74) is 0. The number of piperidine rings is 1. The number of carbonyl (C=O) groups is 1. The standard InChI is InChI=1S/C16H28N4O2/c1-13(2)9-17-16(22)14-5-3-7-19(10-14)11-15(21)12-20-8-4-6-18-20/h4,6,8,13-15,21H,3,5,7,9-12H2,1-2H3,(H,17,22). The van der Waals surface area contributed by atoms with Crippen molar-refractivity contribution in [3.05, 3.63) is 18.5 Å². The normalized spacial score (nSPS) is 21.0. The Bertz CT molecular complexity index is 447. The van der Waals surface area contributed by atoms with Crippen LogP contribution in [0.5, 0.6) is 0 Å². The lowest BCUT2D eigenvalue weighted by molar-refractivity contribution is -0.127. The van der Waals surface area contributed by atoms with Crippen molar-refractivity contribution < 1.29 is 9.90 Å². The van der Waals surface area contributed by atoms with E-state index >= 15 is 0 Å². The first-order valence-corrected chi connectivity index (χ1v) is 8.20. The van der Waals surface area contributed by atoms with Crippen LogP contribution in [-0.4, -0.2) is 58.0 Å². The molecule has 1 aromatic rings. The number of β-amino-alcohol motifs (C(OH)–C–C–N with tert-alkyl or cyclic N) is 1. The minimum absolute atomic E-state index is 0.0457. The van der Waals surface area contributed by atoms with E-state index in [2.05, 4.69) is 29.2 Å². The van der Waals surface area contributed by atoms with E-state index in [0.717, 1.165) is 32.5 Å². The molecule has 2 N–H and O–H groups in total. The third-order valence-corrected chi connectivity index (χ3v) is 3.99. The molecule has 6 nitrogen and oxygen atoms in total. The summed E-state index contributed by atoms with van der Waals surface area (Å²) >= 11 is 0. The highest BCUT2D eigenvalue weighted by Crippen LogP contribution is 2.17. The van der Waals surface area contributed by atoms with E-state index in [4.69, 9.17) is 0 Å². The fourth-order valence-corrected chi connectivity index (χ4v) is 2.86. The number of nitrogens with one attached hydrogen (secondary N) is 1. The van der Waals surface area contributed by atoms with Crippen LogP contribution in [0.4, 0.5) is 0 Å². The van der Waals surface area contributed by atoms with Crippen molar-refractivity contribution in [2.24, 2.45) is 11.8 Å². The molecule has 0 bridgehead atoms. The number of hydrogen-bond acceptors (Lipinski definition) is 4. The molecule has 2 heterocycles. The summed E-state index contributed by atoms with van der Waals surface area (Å²) in [5.74, 6) is 0.670. The van der Waals surface area contributed by atoms with E-state index in [1.54, 1.807) is 10.9 Å². The van der Waals surface area contributed by atoms with Gasteiger partial charge in [-0.2, -0.15) is 5.10 Å². The van der Waals surface area contributed by atoms with Gasteiger partial charge in [-0.05, 0) is 31.4 Å². The summed E-state index contributed by atoms with van der Waals surface area (Å²) in [6.07, 6.45) is 5.05. The molecule has 1 saturated heterocycles. The monoisotopic (exact) mass is 308 g/mol. The van der Waals surface area contributed by atoms with Crippen LogP contribution in [0.15, 0.2) is 18.5 Å². The maximum absolute atomic E-state index is 12.2. The van der Waals surface area contributed by atoms with Crippen molar-refractivity contribution in [3.63, 3.8) is 0 Å². The molecule has 0 radical (unpaired) electrons. The van der Waals surface area contributed by atoms with Gasteiger partial charge in [-0.15, -0.1) is 0 Å². The van der Waals surface area contributed by atoms with E-state index in [1.165, 1.54) is 0 Å². The lowest BCUT2D eigenvalue weighted by Crippen LogP contribution is -2.46. The Morgan fingerprint density at radius 1 is 1.45 bits per heavy atom. The second-order valence-electron chi connectivity index (χ2n) is 6.62. The van der Waals surface area contributed by atoms with E-state index in [9.17, 15) is 9.90 Å². The largest absolute Gasteiger partial charge is 0.390 e. The van der Waals surface area contributed by atoms with Crippen LogP contribution < -0.4 is 5.32 Å². The molecule has 0 spiro atoms. The van der Waals surface area contributed by atoms with Crippen LogP contribution in [0.25, 0.3) is 0 Å². The molecule has 6 heteroatoms. The Hall–Kier alpha value is -1.40. The Morgan fingerprint density at radius 3 is 2.95 bits per heavy atom. The van der Waals surface area contributed by atoms with E-state index < -0.39 is 6.10 Å². The Morgan fingerprint density at radius 2 is 2.27 bits per heavy atom. The van der Waals surface area contributed by atoms with Gasteiger partial charge in [0.15, 0.2) is 0 Å². The van der Waals surface area contributed by atoms with Crippen molar-refractivity contribution in [1.29, 1.82) is 0 Å². The molecule has 2 atom stereocenters. The van der Waals surface area contributed by atoms with Crippen LogP contribution in [0.1, 0.15) is 26.7 Å². The SMILES string of the molecule is CC(C)CNC(=O)C1CCCN(CC(O)Cn2cccn2)C1. The number of aromatic nitrogens is 2. The molecular weight excluding hydrogens is 280 g/mol. The number of nitrogens with zero attached hydrogens (tertiary/aromatic N) is 3. The van der Waals surface area contributed by atoms with Crippen molar-refractivity contribution in [2.45, 2.75) is 39.3 Å². The average Bonchev–Trinajstić information content (AvgIpc) is 2.97. The summed E-state index contributed by atoms with van der Waals surface area (Å²) < 4.78 is 1.74. The second-order valence-corrected chi connectivity index (χ2v) is 6.62. The van der Waals surface area contributed by atoms with Crippen LogP contribution in [0, 0.1) is 11.8 Å². The average molecular weight is 308 g/mol. The van der Waals surface area contributed by atoms with Gasteiger partial charge in [-0.1, -0.05) is 13.8 Å². The topological polar surface area (TPSA) is 70.4 Å². The Kier molecular flexibility index (Phi) is 6.39. The summed E-state index contributed by atoms with van der Waals surface area (Å²) in [6.45, 7) is 7.70. The number of hydrogen-bond donors (Lipinski definition) is 2. The van der Waals surface area contributed by atoms with Gasteiger partial charge >= 0.3 is 0 Å². The molecule has 0 aromatic carbocycles. The number of likely N-dealkylation sites (tertiary alicyclic amines) is 1. The summed E-state index contributed by atoms with van der Waals surface area (Å²) in [4.78, 5) is 14.4. The third kappa shape index (κ3) is 5.42. The third-order valence-electron chi connectivity index (χ3n) is 3.99. The quantitative estimate of drug-likeness (QED) is 0.779. The van der Waals surface area contributed by atoms with Gasteiger partial charge < -0.3 is 10.4 Å². The molecule has 124 valence electrons. The van der Waals surface area contributed by atoms with E-state index in [-0.39, 0.29) is 11.8 Å². The molecule has 1 aromatic heterocycles. The fourth-order valence-electron chi connectivity index (χ4n) is 2.86. The molecular formula is C16H28N4O2. The van der Waals surface area contributed by atoms with Gasteiger partial charge in [0.2, 0.25) is 5.91 Å². The number of carbonyl (C=O) groups excluding carboxylic acids is 1. The smallest absolute Gasteiger partial charge is 0.224 e. The van der Waals surface area contributed by atoms with Gasteiger partial charge in [-0.3, -0.25) is 14.4 Å². The molecule has 0 saturated carbocycles. The Labute approximate surface area is 132 Å². The first-order chi connectivity index (χ1) is 10.5. The predicted molar refractivity (Wildman–Crippen MR) is 85.2 cm³/mol. The molecule has 1 fully saturated rings. The van der Waals surface area contributed by atoms with Gasteiger partial charge in [0.1, 0.15) is 0 Å². The Balaban J connectivity index is 1.76. The minimum atomic E-state index is -0.461. The lowest BCUT2D eigenvalue weighted by Gasteiger charge is -2.33. The van der Waals surface area contributed by atoms with Crippen LogP contribution in [0.2, 0.25) is 0 Å². The van der Waals surface area contributed by atoms with E-state index in [0.29, 0.717) is 19.0 Å². The molecule has 22 heavy (non-hydrogen) atoms. The highest BCUT2D eigenvalue weighted by Gasteiger charge is 2.26. The predicted octanol–water partition coefficient (Wildman–Crippen LogP) is 0.728. The van der Waals surface area contributed by atoms with Gasteiger partial charge in [0, 0.05) is 32.0 Å². The minimum Gasteiger partial charge on any atom is -0.390 e. The van der Waals surface area contributed by atoms with Crippen LogP contribution in [0.3, 0.4) is 0 Å². The summed E-state index contributed by atoms with van der Waals surface area (Å²) in [7, 11) is 0. The first-order valence-electron chi connectivity index (χ1n) is 8.20. The maximum Gasteiger partial charge on any atom is 0.224 e. The lowest BCUT2D eigenvalue weighted by atomic mass is 9.96. The molecule has 0 aliphatic carbocycles. The number of rotatable bonds is 7. The zero-order chi connectivity index (χ0) is 15.9. The van der Waals surface area contributed by atoms with Crippen molar-refractivity contribution >= 4 is 5.91 Å². The van der Waals surface area contributed by atoms with E-state index in [1.807, 2.05) is 12.3 Å². The maximum atomic E-state index is 12.2. The zero-order valence-corrected chi connectivity index (χ0v) is 13.6. The highest BCUT2D eigenvalue weighted by atomic mass is 16.3. The van der Waals surface area contributed by atoms with Crippen LogP contribution in [-0.2, 0) is 11.3 Å². The number of amides is 1.